The summed E-state index contributed by atoms with van der Waals surface area (Å²) in [6.45, 7) is 2.06. The third-order valence-corrected chi connectivity index (χ3v) is 8.80. The Morgan fingerprint density at radius 1 is 0.404 bits per heavy atom. The maximum absolute atomic E-state index is 9.67. The van der Waals surface area contributed by atoms with Gasteiger partial charge in [0, 0.05) is 32.9 Å². The number of nitrogens with zero attached hydrogens (tertiary/aromatic N) is 6. The van der Waals surface area contributed by atoms with E-state index in [-0.39, 0.29) is 0 Å². The van der Waals surface area contributed by atoms with Gasteiger partial charge in [-0.2, -0.15) is 21.0 Å². The monoisotopic (exact) mass is 598 g/mol. The van der Waals surface area contributed by atoms with E-state index in [1.807, 2.05) is 36.4 Å². The number of benzene rings is 6. The van der Waals surface area contributed by atoms with Crippen LogP contribution in [0.4, 0.5) is 0 Å². The standard InChI is InChI=1S/C41H22N6/c1-25-6-9-35-37-20-31(8-11-40(37)47(41(35)12-25)33-17-28(23-44)14-29(18-33)24-45)30-7-10-39-36(19-30)34-4-2-3-5-38(34)46(39)32-15-26(21-42)13-27(16-32)22-43/h2-20H,1H3. The summed E-state index contributed by atoms with van der Waals surface area (Å²) in [6.07, 6.45) is 0. The molecule has 6 nitrogen and oxygen atoms in total. The minimum absolute atomic E-state index is 0.437. The van der Waals surface area contributed by atoms with Gasteiger partial charge in [0.15, 0.2) is 0 Å². The van der Waals surface area contributed by atoms with Crippen molar-refractivity contribution < 1.29 is 0 Å². The van der Waals surface area contributed by atoms with Crippen molar-refractivity contribution in [3.05, 3.63) is 143 Å². The summed E-state index contributed by atoms with van der Waals surface area (Å²) in [7, 11) is 0. The van der Waals surface area contributed by atoms with E-state index in [0.717, 1.165) is 71.7 Å². The van der Waals surface area contributed by atoms with Crippen LogP contribution in [0.1, 0.15) is 27.8 Å². The Labute approximate surface area is 270 Å². The van der Waals surface area contributed by atoms with Crippen LogP contribution in [0.2, 0.25) is 0 Å². The molecule has 0 fully saturated rings. The summed E-state index contributed by atoms with van der Waals surface area (Å²) in [5, 5.41) is 42.9. The summed E-state index contributed by atoms with van der Waals surface area (Å²) in [5.41, 5.74) is 10.5. The number of fused-ring (bicyclic) bond motifs is 6. The first-order valence-corrected chi connectivity index (χ1v) is 15.0. The Balaban J connectivity index is 1.35. The number of para-hydroxylation sites is 1. The molecule has 0 aliphatic carbocycles. The van der Waals surface area contributed by atoms with E-state index in [4.69, 9.17) is 0 Å². The number of hydrogen-bond acceptors (Lipinski definition) is 4. The molecule has 0 N–H and O–H groups in total. The molecule has 0 aliphatic rings. The van der Waals surface area contributed by atoms with Gasteiger partial charge in [0.05, 0.1) is 68.6 Å². The van der Waals surface area contributed by atoms with Crippen LogP contribution in [0.3, 0.4) is 0 Å². The minimum Gasteiger partial charge on any atom is -0.309 e. The smallest absolute Gasteiger partial charge is 0.0992 e. The molecule has 2 aromatic heterocycles. The van der Waals surface area contributed by atoms with Crippen molar-refractivity contribution in [3.8, 4) is 46.8 Å². The predicted molar refractivity (Wildman–Crippen MR) is 184 cm³/mol. The lowest BCUT2D eigenvalue weighted by atomic mass is 10.0. The van der Waals surface area contributed by atoms with Gasteiger partial charge >= 0.3 is 0 Å². The number of rotatable bonds is 3. The van der Waals surface area contributed by atoms with Crippen molar-refractivity contribution in [2.24, 2.45) is 0 Å². The van der Waals surface area contributed by atoms with Crippen LogP contribution < -0.4 is 0 Å². The Morgan fingerprint density at radius 3 is 1.36 bits per heavy atom. The molecule has 0 unspecified atom stereocenters. The van der Waals surface area contributed by atoms with Crippen molar-refractivity contribution in [2.45, 2.75) is 6.92 Å². The van der Waals surface area contributed by atoms with E-state index < -0.39 is 0 Å². The van der Waals surface area contributed by atoms with Gasteiger partial charge in [-0.3, -0.25) is 0 Å². The molecule has 0 radical (unpaired) electrons. The lowest BCUT2D eigenvalue weighted by molar-refractivity contribution is 1.17. The maximum Gasteiger partial charge on any atom is 0.0992 e. The molecular formula is C41H22N6. The normalized spacial score (nSPS) is 11.0. The topological polar surface area (TPSA) is 105 Å². The Hall–Kier alpha value is -7.12. The molecule has 0 aliphatic heterocycles. The lowest BCUT2D eigenvalue weighted by Crippen LogP contribution is -1.96. The number of hydrogen-bond donors (Lipinski definition) is 0. The lowest BCUT2D eigenvalue weighted by Gasteiger charge is -2.10. The molecule has 6 heteroatoms. The van der Waals surface area contributed by atoms with Gasteiger partial charge in [0.2, 0.25) is 0 Å². The van der Waals surface area contributed by atoms with Crippen LogP contribution >= 0.6 is 0 Å². The van der Waals surface area contributed by atoms with Gasteiger partial charge in [0.25, 0.3) is 0 Å². The SMILES string of the molecule is Cc1ccc2c3cc(-c4ccc5c(c4)c4ccccc4n5-c4cc(C#N)cc(C#N)c4)ccc3n(-c3cc(C#N)cc(C#N)c3)c2c1. The first-order chi connectivity index (χ1) is 23.0. The van der Waals surface area contributed by atoms with E-state index >= 15 is 0 Å². The average Bonchev–Trinajstić information content (AvgIpc) is 3.62. The summed E-state index contributed by atoms with van der Waals surface area (Å²) in [4.78, 5) is 0. The zero-order valence-corrected chi connectivity index (χ0v) is 25.2. The van der Waals surface area contributed by atoms with Crippen molar-refractivity contribution in [2.75, 3.05) is 0 Å². The molecule has 2 heterocycles. The van der Waals surface area contributed by atoms with Gasteiger partial charge in [-0.15, -0.1) is 0 Å². The minimum atomic E-state index is 0.437. The Bertz CT molecular complexity index is 2740. The molecule has 0 spiro atoms. The molecule has 0 atom stereocenters. The molecule has 8 rings (SSSR count). The van der Waals surface area contributed by atoms with Crippen molar-refractivity contribution in [3.63, 3.8) is 0 Å². The fourth-order valence-electron chi connectivity index (χ4n) is 6.76. The summed E-state index contributed by atoms with van der Waals surface area (Å²) in [5.74, 6) is 0. The van der Waals surface area contributed by atoms with E-state index in [1.165, 1.54) is 0 Å². The molecule has 0 amide bonds. The Kier molecular flexibility index (Phi) is 6.13. The zero-order valence-electron chi connectivity index (χ0n) is 25.2. The fraction of sp³-hybridized carbons (Fsp3) is 0.0244. The highest BCUT2D eigenvalue weighted by Gasteiger charge is 2.17. The molecular weight excluding hydrogens is 576 g/mol. The summed E-state index contributed by atoms with van der Waals surface area (Å²) < 4.78 is 4.24. The molecule has 0 bridgehead atoms. The fourth-order valence-corrected chi connectivity index (χ4v) is 6.76. The van der Waals surface area contributed by atoms with E-state index in [2.05, 4.69) is 107 Å². The van der Waals surface area contributed by atoms with Crippen LogP contribution in [0.5, 0.6) is 0 Å². The number of aromatic nitrogens is 2. The van der Waals surface area contributed by atoms with Crippen LogP contribution in [-0.2, 0) is 0 Å². The first-order valence-electron chi connectivity index (χ1n) is 15.0. The number of aryl methyl sites for hydroxylation is 1. The molecule has 0 saturated heterocycles. The largest absolute Gasteiger partial charge is 0.309 e. The maximum atomic E-state index is 9.67. The molecule has 216 valence electrons. The average molecular weight is 599 g/mol. The van der Waals surface area contributed by atoms with Gasteiger partial charge in [-0.05, 0) is 96.4 Å². The Morgan fingerprint density at radius 2 is 0.851 bits per heavy atom. The van der Waals surface area contributed by atoms with Gasteiger partial charge in [0.1, 0.15) is 0 Å². The van der Waals surface area contributed by atoms with Crippen LogP contribution in [0, 0.1) is 52.2 Å². The summed E-state index contributed by atoms with van der Waals surface area (Å²) in [6, 6.07) is 46.7. The first kappa shape index (κ1) is 27.4. The second kappa shape index (κ2) is 10.5. The molecule has 0 saturated carbocycles. The van der Waals surface area contributed by atoms with E-state index in [0.29, 0.717) is 22.3 Å². The second-order valence-electron chi connectivity index (χ2n) is 11.7. The van der Waals surface area contributed by atoms with Gasteiger partial charge < -0.3 is 9.13 Å². The quantitative estimate of drug-likeness (QED) is 0.202. The van der Waals surface area contributed by atoms with Crippen molar-refractivity contribution in [1.82, 2.24) is 9.13 Å². The van der Waals surface area contributed by atoms with E-state index in [1.54, 1.807) is 12.1 Å². The zero-order chi connectivity index (χ0) is 32.2. The summed E-state index contributed by atoms with van der Waals surface area (Å²) >= 11 is 0. The highest BCUT2D eigenvalue weighted by atomic mass is 15.0. The van der Waals surface area contributed by atoms with E-state index in [9.17, 15) is 21.0 Å². The predicted octanol–water partition coefficient (Wildman–Crippen LogP) is 9.34. The highest BCUT2D eigenvalue weighted by molar-refractivity contribution is 6.12. The van der Waals surface area contributed by atoms with Gasteiger partial charge in [-0.25, -0.2) is 0 Å². The second-order valence-corrected chi connectivity index (χ2v) is 11.7. The van der Waals surface area contributed by atoms with Crippen LogP contribution in [-0.4, -0.2) is 9.13 Å². The van der Waals surface area contributed by atoms with Crippen molar-refractivity contribution in [1.29, 1.82) is 21.0 Å². The number of nitriles is 4. The third kappa shape index (κ3) is 4.30. The highest BCUT2D eigenvalue weighted by Crippen LogP contribution is 2.38. The van der Waals surface area contributed by atoms with Crippen LogP contribution in [0.25, 0.3) is 66.1 Å². The molecule has 47 heavy (non-hydrogen) atoms. The molecule has 6 aromatic carbocycles. The van der Waals surface area contributed by atoms with Crippen molar-refractivity contribution >= 4 is 43.6 Å². The van der Waals surface area contributed by atoms with Crippen LogP contribution in [0.15, 0.2) is 115 Å². The molecule has 8 aromatic rings. The van der Waals surface area contributed by atoms with Gasteiger partial charge in [-0.1, -0.05) is 42.5 Å². The third-order valence-electron chi connectivity index (χ3n) is 8.80.